The Labute approximate surface area is 146 Å². The van der Waals surface area contributed by atoms with E-state index in [4.69, 9.17) is 0 Å². The van der Waals surface area contributed by atoms with Crippen molar-refractivity contribution in [2.75, 3.05) is 0 Å². The predicted octanol–water partition coefficient (Wildman–Crippen LogP) is 7.76. The van der Waals surface area contributed by atoms with Crippen LogP contribution < -0.4 is 0 Å². The van der Waals surface area contributed by atoms with Gasteiger partial charge in [-0.15, -0.1) is 0 Å². The first-order chi connectivity index (χ1) is 11.2. The lowest BCUT2D eigenvalue weighted by molar-refractivity contribution is -0.0640. The molecule has 0 nitrogen and oxygen atoms in total. The van der Waals surface area contributed by atoms with Gasteiger partial charge < -0.3 is 0 Å². The van der Waals surface area contributed by atoms with Gasteiger partial charge in [-0.1, -0.05) is 71.6 Å². The van der Waals surface area contributed by atoms with Gasteiger partial charge in [0, 0.05) is 0 Å². The topological polar surface area (TPSA) is 0 Å². The molecule has 0 amide bonds. The van der Waals surface area contributed by atoms with Gasteiger partial charge in [0.25, 0.3) is 0 Å². The third kappa shape index (κ3) is 3.98. The molecular formula is C23H42. The summed E-state index contributed by atoms with van der Waals surface area (Å²) in [6.07, 6.45) is 24.7. The van der Waals surface area contributed by atoms with Crippen molar-refractivity contribution in [1.29, 1.82) is 0 Å². The second-order valence-corrected chi connectivity index (χ2v) is 9.72. The molecule has 3 aliphatic carbocycles. The van der Waals surface area contributed by atoms with Crippen LogP contribution >= 0.6 is 0 Å². The Balaban J connectivity index is 1.91. The van der Waals surface area contributed by atoms with Crippen LogP contribution in [0, 0.1) is 29.1 Å². The minimum Gasteiger partial charge on any atom is -0.0628 e. The highest BCUT2D eigenvalue weighted by atomic mass is 14.5. The Morgan fingerprint density at radius 3 is 1.13 bits per heavy atom. The molecule has 0 N–H and O–H groups in total. The third-order valence-corrected chi connectivity index (χ3v) is 7.86. The van der Waals surface area contributed by atoms with Gasteiger partial charge in [0.05, 0.1) is 0 Å². The lowest BCUT2D eigenvalue weighted by Crippen LogP contribution is -2.47. The van der Waals surface area contributed by atoms with Crippen LogP contribution in [0.5, 0.6) is 0 Å². The molecular weight excluding hydrogens is 276 g/mol. The van der Waals surface area contributed by atoms with Gasteiger partial charge in [-0.25, -0.2) is 0 Å². The normalized spacial score (nSPS) is 26.7. The SMILES string of the molecule is CC(C)CC(C1CCCCC1)(C1CCCCC1)C1CCCCC1. The van der Waals surface area contributed by atoms with Crippen molar-refractivity contribution >= 4 is 0 Å². The van der Waals surface area contributed by atoms with Gasteiger partial charge in [-0.3, -0.25) is 0 Å². The first-order valence-corrected chi connectivity index (χ1v) is 11.2. The molecule has 134 valence electrons. The molecule has 0 aliphatic heterocycles. The van der Waals surface area contributed by atoms with Crippen molar-refractivity contribution in [3.8, 4) is 0 Å². The molecule has 0 spiro atoms. The molecule has 0 aromatic rings. The molecule has 0 aromatic heterocycles. The molecule has 23 heavy (non-hydrogen) atoms. The fourth-order valence-corrected chi connectivity index (χ4v) is 7.13. The van der Waals surface area contributed by atoms with Gasteiger partial charge in [0.15, 0.2) is 0 Å². The van der Waals surface area contributed by atoms with E-state index in [9.17, 15) is 0 Å². The summed E-state index contributed by atoms with van der Waals surface area (Å²) in [5, 5.41) is 0. The van der Waals surface area contributed by atoms with E-state index in [1.165, 1.54) is 57.8 Å². The molecule has 0 unspecified atom stereocenters. The third-order valence-electron chi connectivity index (χ3n) is 7.86. The van der Waals surface area contributed by atoms with Crippen molar-refractivity contribution < 1.29 is 0 Å². The van der Waals surface area contributed by atoms with E-state index in [1.807, 2.05) is 0 Å². The smallest absolute Gasteiger partial charge is 0.0210 e. The lowest BCUT2D eigenvalue weighted by atomic mass is 9.49. The summed E-state index contributed by atoms with van der Waals surface area (Å²) in [7, 11) is 0. The van der Waals surface area contributed by atoms with E-state index in [2.05, 4.69) is 13.8 Å². The molecule has 0 heterocycles. The summed E-state index contributed by atoms with van der Waals surface area (Å²) in [6, 6.07) is 0. The van der Waals surface area contributed by atoms with Gasteiger partial charge in [-0.2, -0.15) is 0 Å². The van der Waals surface area contributed by atoms with Crippen LogP contribution in [0.3, 0.4) is 0 Å². The Morgan fingerprint density at radius 1 is 0.565 bits per heavy atom. The van der Waals surface area contributed by atoms with Gasteiger partial charge in [-0.05, 0) is 74.0 Å². The standard InChI is InChI=1S/C23H42/c1-19(2)18-23(20-12-6-3-7-13-20,21-14-8-4-9-15-21)22-16-10-5-11-17-22/h19-22H,3-18H2,1-2H3. The van der Waals surface area contributed by atoms with Crippen molar-refractivity contribution in [3.05, 3.63) is 0 Å². The highest BCUT2D eigenvalue weighted by molar-refractivity contribution is 4.99. The Bertz CT molecular complexity index is 278. The summed E-state index contributed by atoms with van der Waals surface area (Å²) in [5.74, 6) is 4.11. The monoisotopic (exact) mass is 318 g/mol. The molecule has 3 aliphatic rings. The lowest BCUT2D eigenvalue weighted by Gasteiger charge is -2.56. The van der Waals surface area contributed by atoms with Gasteiger partial charge in [0.1, 0.15) is 0 Å². The zero-order valence-electron chi connectivity index (χ0n) is 16.1. The maximum absolute atomic E-state index is 2.52. The summed E-state index contributed by atoms with van der Waals surface area (Å²) in [4.78, 5) is 0. The van der Waals surface area contributed by atoms with Crippen LogP contribution in [0.1, 0.15) is 117 Å². The van der Waals surface area contributed by atoms with Crippen molar-refractivity contribution in [3.63, 3.8) is 0 Å². The zero-order chi connectivity index (χ0) is 16.1. The largest absolute Gasteiger partial charge is 0.0628 e. The first-order valence-electron chi connectivity index (χ1n) is 11.2. The van der Waals surface area contributed by atoms with Crippen molar-refractivity contribution in [2.45, 2.75) is 117 Å². The van der Waals surface area contributed by atoms with Crippen LogP contribution in [-0.2, 0) is 0 Å². The predicted molar refractivity (Wildman–Crippen MR) is 102 cm³/mol. The molecule has 3 rings (SSSR count). The molecule has 0 bridgehead atoms. The van der Waals surface area contributed by atoms with Crippen LogP contribution in [-0.4, -0.2) is 0 Å². The quantitative estimate of drug-likeness (QED) is 0.486. The summed E-state index contributed by atoms with van der Waals surface area (Å²) < 4.78 is 0. The Kier molecular flexibility index (Phi) is 6.50. The second-order valence-electron chi connectivity index (χ2n) is 9.72. The molecule has 0 saturated heterocycles. The molecule has 3 fully saturated rings. The fourth-order valence-electron chi connectivity index (χ4n) is 7.13. The number of rotatable bonds is 5. The maximum Gasteiger partial charge on any atom is -0.0210 e. The summed E-state index contributed by atoms with van der Waals surface area (Å²) in [5.41, 5.74) is 0.732. The van der Waals surface area contributed by atoms with Gasteiger partial charge in [0.2, 0.25) is 0 Å². The highest BCUT2D eigenvalue weighted by Gasteiger charge is 2.50. The van der Waals surface area contributed by atoms with E-state index >= 15 is 0 Å². The molecule has 0 radical (unpaired) electrons. The minimum atomic E-state index is 0.732. The van der Waals surface area contributed by atoms with E-state index in [0.717, 1.165) is 29.1 Å². The van der Waals surface area contributed by atoms with Crippen molar-refractivity contribution in [2.24, 2.45) is 29.1 Å². The van der Waals surface area contributed by atoms with Crippen LogP contribution in [0.4, 0.5) is 0 Å². The average Bonchev–Trinajstić information content (AvgIpc) is 2.62. The molecule has 0 heteroatoms. The van der Waals surface area contributed by atoms with E-state index in [-0.39, 0.29) is 0 Å². The van der Waals surface area contributed by atoms with Crippen LogP contribution in [0.15, 0.2) is 0 Å². The van der Waals surface area contributed by atoms with E-state index in [1.54, 1.807) is 44.9 Å². The second kappa shape index (κ2) is 8.39. The minimum absolute atomic E-state index is 0.732. The molecule has 0 atom stereocenters. The van der Waals surface area contributed by atoms with Crippen molar-refractivity contribution in [1.82, 2.24) is 0 Å². The summed E-state index contributed by atoms with van der Waals surface area (Å²) >= 11 is 0. The molecule has 0 aromatic carbocycles. The average molecular weight is 319 g/mol. The fraction of sp³-hybridized carbons (Fsp3) is 1.00. The highest BCUT2D eigenvalue weighted by Crippen LogP contribution is 2.59. The Morgan fingerprint density at radius 2 is 0.870 bits per heavy atom. The maximum atomic E-state index is 2.52. The van der Waals surface area contributed by atoms with Crippen LogP contribution in [0.25, 0.3) is 0 Å². The number of hydrogen-bond donors (Lipinski definition) is 0. The summed E-state index contributed by atoms with van der Waals surface area (Å²) in [6.45, 7) is 5.03. The van der Waals surface area contributed by atoms with Gasteiger partial charge >= 0.3 is 0 Å². The van der Waals surface area contributed by atoms with E-state index in [0.29, 0.717) is 0 Å². The molecule has 3 saturated carbocycles. The van der Waals surface area contributed by atoms with E-state index < -0.39 is 0 Å². The zero-order valence-corrected chi connectivity index (χ0v) is 16.1. The Hall–Kier alpha value is 0. The number of hydrogen-bond acceptors (Lipinski definition) is 0. The first kappa shape index (κ1) is 17.8. The van der Waals surface area contributed by atoms with Crippen LogP contribution in [0.2, 0.25) is 0 Å².